The Balaban J connectivity index is 1.49. The maximum Gasteiger partial charge on any atom is 0.222 e. The highest BCUT2D eigenvalue weighted by molar-refractivity contribution is 6.20. The molecular formula is C25H29N3O6. The molecule has 2 aliphatic carbocycles. The minimum Gasteiger partial charge on any atom is -0.493 e. The van der Waals surface area contributed by atoms with E-state index >= 15 is 0 Å². The number of fused-ring (bicyclic) bond motifs is 1. The average Bonchev–Trinajstić information content (AvgIpc) is 2.85. The molecule has 34 heavy (non-hydrogen) atoms. The van der Waals surface area contributed by atoms with E-state index < -0.39 is 0 Å². The number of rotatable bonds is 10. The Bertz CT molecular complexity index is 1120. The summed E-state index contributed by atoms with van der Waals surface area (Å²) < 4.78 is 21.9. The predicted octanol–water partition coefficient (Wildman–Crippen LogP) is 3.59. The van der Waals surface area contributed by atoms with Gasteiger partial charge in [0, 0.05) is 30.7 Å². The molecule has 0 aliphatic heterocycles. The first-order chi connectivity index (χ1) is 16.6. The van der Waals surface area contributed by atoms with E-state index in [2.05, 4.69) is 15.3 Å². The van der Waals surface area contributed by atoms with Gasteiger partial charge in [0.25, 0.3) is 0 Å². The number of carbonyl (C=O) groups is 2. The third-order valence-corrected chi connectivity index (χ3v) is 5.96. The number of hydrogen-bond donors (Lipinski definition) is 1. The van der Waals surface area contributed by atoms with E-state index in [9.17, 15) is 9.59 Å². The summed E-state index contributed by atoms with van der Waals surface area (Å²) in [4.78, 5) is 33.9. The summed E-state index contributed by atoms with van der Waals surface area (Å²) in [6.45, 7) is 1.25. The van der Waals surface area contributed by atoms with Gasteiger partial charge in [-0.3, -0.25) is 9.59 Å². The highest BCUT2D eigenvalue weighted by Gasteiger charge is 2.24. The number of anilines is 1. The maximum atomic E-state index is 12.7. The molecule has 0 bridgehead atoms. The summed E-state index contributed by atoms with van der Waals surface area (Å²) in [5.41, 5.74) is 0.711. The molecule has 9 nitrogen and oxygen atoms in total. The molecule has 9 heteroatoms. The molecule has 1 fully saturated rings. The number of ether oxygens (including phenoxy) is 4. The van der Waals surface area contributed by atoms with Crippen molar-refractivity contribution in [3.8, 4) is 11.5 Å². The van der Waals surface area contributed by atoms with Gasteiger partial charge >= 0.3 is 0 Å². The van der Waals surface area contributed by atoms with Crippen LogP contribution in [0.4, 0.5) is 5.82 Å². The summed E-state index contributed by atoms with van der Waals surface area (Å²) >= 11 is 0. The van der Waals surface area contributed by atoms with Gasteiger partial charge in [0.2, 0.25) is 11.6 Å². The van der Waals surface area contributed by atoms with Crippen molar-refractivity contribution in [2.45, 2.75) is 32.1 Å². The lowest BCUT2D eigenvalue weighted by molar-refractivity contribution is -0.117. The fraction of sp³-hybridized carbons (Fsp3) is 0.440. The quantitative estimate of drug-likeness (QED) is 0.414. The zero-order chi connectivity index (χ0) is 23.9. The van der Waals surface area contributed by atoms with Gasteiger partial charge in [-0.25, -0.2) is 9.97 Å². The van der Waals surface area contributed by atoms with Crippen LogP contribution >= 0.6 is 0 Å². The highest BCUT2D eigenvalue weighted by atomic mass is 16.5. The van der Waals surface area contributed by atoms with E-state index in [-0.39, 0.29) is 23.0 Å². The average molecular weight is 468 g/mol. The van der Waals surface area contributed by atoms with Crippen LogP contribution in [0.1, 0.15) is 32.1 Å². The van der Waals surface area contributed by atoms with Crippen LogP contribution in [0.15, 0.2) is 42.1 Å². The molecular weight excluding hydrogens is 438 g/mol. The van der Waals surface area contributed by atoms with Crippen LogP contribution in [0.25, 0.3) is 10.9 Å². The molecule has 0 saturated heterocycles. The first-order valence-corrected chi connectivity index (χ1v) is 11.5. The van der Waals surface area contributed by atoms with Crippen molar-refractivity contribution in [3.05, 3.63) is 42.1 Å². The van der Waals surface area contributed by atoms with Crippen molar-refractivity contribution in [1.82, 2.24) is 9.97 Å². The Hall–Kier alpha value is -3.46. The van der Waals surface area contributed by atoms with Gasteiger partial charge in [-0.15, -0.1) is 0 Å². The monoisotopic (exact) mass is 467 g/mol. The Labute approximate surface area is 198 Å². The number of nitrogens with one attached hydrogen (secondary N) is 1. The number of nitrogens with zero attached hydrogens (tertiary/aromatic N) is 2. The fourth-order valence-electron chi connectivity index (χ4n) is 4.11. The number of ketones is 2. The minimum atomic E-state index is -0.350. The Morgan fingerprint density at radius 1 is 0.941 bits per heavy atom. The van der Waals surface area contributed by atoms with E-state index in [4.69, 9.17) is 18.9 Å². The molecule has 1 N–H and O–H groups in total. The second kappa shape index (κ2) is 11.1. The summed E-state index contributed by atoms with van der Waals surface area (Å²) in [5, 5.41) is 3.59. The summed E-state index contributed by atoms with van der Waals surface area (Å²) in [6, 6.07) is 3.46. The molecule has 1 saturated carbocycles. The van der Waals surface area contributed by atoms with Crippen molar-refractivity contribution in [1.29, 1.82) is 0 Å². The molecule has 1 heterocycles. The molecule has 0 atom stereocenters. The van der Waals surface area contributed by atoms with Crippen LogP contribution in [0.5, 0.6) is 11.5 Å². The highest BCUT2D eigenvalue weighted by Crippen LogP contribution is 2.34. The molecule has 180 valence electrons. The smallest absolute Gasteiger partial charge is 0.222 e. The van der Waals surface area contributed by atoms with E-state index in [1.165, 1.54) is 44.9 Å². The lowest BCUT2D eigenvalue weighted by Crippen LogP contribution is -2.22. The molecule has 1 aromatic heterocycles. The van der Waals surface area contributed by atoms with E-state index in [0.717, 1.165) is 12.8 Å². The van der Waals surface area contributed by atoms with Gasteiger partial charge < -0.3 is 24.3 Å². The van der Waals surface area contributed by atoms with Crippen LogP contribution in [0, 0.1) is 5.92 Å². The second-order valence-corrected chi connectivity index (χ2v) is 8.32. The molecule has 0 spiro atoms. The van der Waals surface area contributed by atoms with Gasteiger partial charge in [-0.1, -0.05) is 19.3 Å². The molecule has 2 aliphatic rings. The van der Waals surface area contributed by atoms with E-state index in [0.29, 0.717) is 54.0 Å². The number of methoxy groups -OCH3 is 2. The molecule has 0 radical (unpaired) electrons. The third kappa shape index (κ3) is 5.53. The Morgan fingerprint density at radius 3 is 2.53 bits per heavy atom. The molecule has 0 amide bonds. The van der Waals surface area contributed by atoms with Gasteiger partial charge in [-0.05, 0) is 24.8 Å². The molecule has 1 aromatic carbocycles. The summed E-state index contributed by atoms with van der Waals surface area (Å²) in [5.74, 6) is 1.21. The lowest BCUT2D eigenvalue weighted by Gasteiger charge is -2.22. The zero-order valence-corrected chi connectivity index (χ0v) is 19.5. The molecule has 0 unspecified atom stereocenters. The van der Waals surface area contributed by atoms with Gasteiger partial charge in [0.05, 0.1) is 31.5 Å². The first-order valence-electron chi connectivity index (χ1n) is 11.5. The molecule has 4 rings (SSSR count). The summed E-state index contributed by atoms with van der Waals surface area (Å²) in [6.07, 6.45) is 9.70. The number of benzene rings is 1. The number of aromatic nitrogens is 2. The van der Waals surface area contributed by atoms with Crippen LogP contribution in [-0.2, 0) is 19.1 Å². The van der Waals surface area contributed by atoms with Crippen LogP contribution in [0.2, 0.25) is 0 Å². The van der Waals surface area contributed by atoms with E-state index in [1.54, 1.807) is 19.2 Å². The number of hydrogen-bond acceptors (Lipinski definition) is 9. The minimum absolute atomic E-state index is 0.0909. The molecule has 2 aromatic rings. The van der Waals surface area contributed by atoms with Crippen molar-refractivity contribution >= 4 is 28.3 Å². The van der Waals surface area contributed by atoms with Crippen molar-refractivity contribution in [2.75, 3.05) is 39.4 Å². The van der Waals surface area contributed by atoms with Crippen LogP contribution in [0.3, 0.4) is 0 Å². The van der Waals surface area contributed by atoms with Crippen LogP contribution in [-0.4, -0.2) is 55.6 Å². The predicted molar refractivity (Wildman–Crippen MR) is 126 cm³/mol. The van der Waals surface area contributed by atoms with Gasteiger partial charge in [0.1, 0.15) is 18.8 Å². The topological polar surface area (TPSA) is 109 Å². The number of allylic oxidation sites excluding steroid dienone is 2. The van der Waals surface area contributed by atoms with Gasteiger partial charge in [-0.2, -0.15) is 0 Å². The van der Waals surface area contributed by atoms with Crippen molar-refractivity contribution < 1.29 is 28.5 Å². The van der Waals surface area contributed by atoms with E-state index in [1.807, 2.05) is 0 Å². The zero-order valence-electron chi connectivity index (χ0n) is 19.5. The largest absolute Gasteiger partial charge is 0.493 e. The number of carbonyl (C=O) groups excluding carboxylic acids is 2. The van der Waals surface area contributed by atoms with Gasteiger partial charge in [0.15, 0.2) is 17.3 Å². The van der Waals surface area contributed by atoms with Crippen molar-refractivity contribution in [3.63, 3.8) is 0 Å². The van der Waals surface area contributed by atoms with Crippen molar-refractivity contribution in [2.24, 2.45) is 5.92 Å². The summed E-state index contributed by atoms with van der Waals surface area (Å²) in [7, 11) is 3.13. The Morgan fingerprint density at radius 2 is 1.76 bits per heavy atom. The maximum absolute atomic E-state index is 12.7. The lowest BCUT2D eigenvalue weighted by atomic mass is 9.90. The third-order valence-electron chi connectivity index (χ3n) is 5.96. The SMILES string of the molecule is COCCOc1cc2ncnc(NC3=CC(=O)C(OCC4CCCCC4)=CC3=O)c2cc1OC. The fourth-order valence-corrected chi connectivity index (χ4v) is 4.11. The second-order valence-electron chi connectivity index (χ2n) is 8.32. The first kappa shape index (κ1) is 23.7. The standard InChI is InChI=1S/C25H29N3O6/c1-31-8-9-33-24-12-18-17(10-23(24)32-2)25(27-15-26-18)28-19-11-21(30)22(13-20(19)29)34-14-16-6-4-3-5-7-16/h10-13,15-16H,3-9,14H2,1-2H3,(H,26,27,28). The normalized spacial score (nSPS) is 16.8. The van der Waals surface area contributed by atoms with Crippen LogP contribution < -0.4 is 14.8 Å². The Kier molecular flexibility index (Phi) is 7.74.